The van der Waals surface area contributed by atoms with Gasteiger partial charge in [-0.25, -0.2) is 0 Å². The van der Waals surface area contributed by atoms with E-state index < -0.39 is 4.92 Å². The maximum atomic E-state index is 12.4. The zero-order chi connectivity index (χ0) is 18.7. The molecule has 2 aromatic heterocycles. The molecule has 0 spiro atoms. The van der Waals surface area contributed by atoms with Crippen molar-refractivity contribution in [2.24, 2.45) is 0 Å². The van der Waals surface area contributed by atoms with Gasteiger partial charge in [-0.15, -0.1) is 0 Å². The standard InChI is InChI=1S/C16H24N6O3/c1-6-20-10-14(11(2)17-20)9-19(5)15(23)7-8-21-13(4)16(22(24)25)12(3)18-21/h10H,6-9H2,1-5H3. The molecule has 136 valence electrons. The Morgan fingerprint density at radius 3 is 2.48 bits per heavy atom. The Balaban J connectivity index is 1.99. The molecule has 0 fully saturated rings. The van der Waals surface area contributed by atoms with Crippen LogP contribution in [0.3, 0.4) is 0 Å². The maximum absolute atomic E-state index is 12.4. The summed E-state index contributed by atoms with van der Waals surface area (Å²) in [5.74, 6) is -0.0427. The summed E-state index contributed by atoms with van der Waals surface area (Å²) in [5, 5.41) is 19.6. The molecule has 0 aliphatic carbocycles. The quantitative estimate of drug-likeness (QED) is 0.563. The smallest absolute Gasteiger partial charge is 0.312 e. The van der Waals surface area contributed by atoms with Crippen LogP contribution in [-0.2, 0) is 24.4 Å². The molecule has 2 rings (SSSR count). The van der Waals surface area contributed by atoms with E-state index in [-0.39, 0.29) is 18.0 Å². The van der Waals surface area contributed by atoms with Gasteiger partial charge in [0, 0.05) is 38.3 Å². The van der Waals surface area contributed by atoms with Crippen LogP contribution in [0.15, 0.2) is 6.20 Å². The Morgan fingerprint density at radius 1 is 1.28 bits per heavy atom. The molecule has 25 heavy (non-hydrogen) atoms. The molecule has 0 bridgehead atoms. The van der Waals surface area contributed by atoms with Gasteiger partial charge in [-0.2, -0.15) is 10.2 Å². The summed E-state index contributed by atoms with van der Waals surface area (Å²) < 4.78 is 3.37. The fourth-order valence-corrected chi connectivity index (χ4v) is 2.78. The van der Waals surface area contributed by atoms with Gasteiger partial charge < -0.3 is 4.90 Å². The van der Waals surface area contributed by atoms with Crippen LogP contribution in [0.5, 0.6) is 0 Å². The van der Waals surface area contributed by atoms with Crippen molar-refractivity contribution in [1.29, 1.82) is 0 Å². The predicted octanol–water partition coefficient (Wildman–Crippen LogP) is 1.98. The number of aryl methyl sites for hydroxylation is 4. The largest absolute Gasteiger partial charge is 0.341 e. The highest BCUT2D eigenvalue weighted by molar-refractivity contribution is 5.75. The Morgan fingerprint density at radius 2 is 1.96 bits per heavy atom. The lowest BCUT2D eigenvalue weighted by atomic mass is 10.2. The molecule has 0 saturated heterocycles. The molecular weight excluding hydrogens is 324 g/mol. The first kappa shape index (κ1) is 18.6. The Bertz CT molecular complexity index is 792. The van der Waals surface area contributed by atoms with Crippen LogP contribution in [-0.4, -0.2) is 42.3 Å². The molecule has 1 amide bonds. The third kappa shape index (κ3) is 4.04. The molecule has 0 unspecified atom stereocenters. The van der Waals surface area contributed by atoms with Crippen molar-refractivity contribution in [3.05, 3.63) is 39.0 Å². The molecule has 0 aliphatic heterocycles. The van der Waals surface area contributed by atoms with Crippen LogP contribution in [0, 0.1) is 30.9 Å². The van der Waals surface area contributed by atoms with Crippen LogP contribution in [0.4, 0.5) is 5.69 Å². The number of nitro groups is 1. The molecule has 0 aliphatic rings. The molecule has 2 aromatic rings. The fraction of sp³-hybridized carbons (Fsp3) is 0.562. The lowest BCUT2D eigenvalue weighted by Gasteiger charge is -2.17. The lowest BCUT2D eigenvalue weighted by molar-refractivity contribution is -0.386. The minimum Gasteiger partial charge on any atom is -0.341 e. The summed E-state index contributed by atoms with van der Waals surface area (Å²) in [4.78, 5) is 24.6. The zero-order valence-electron chi connectivity index (χ0n) is 15.3. The highest BCUT2D eigenvalue weighted by atomic mass is 16.6. The number of carbonyl (C=O) groups excluding carboxylic acids is 1. The first-order valence-electron chi connectivity index (χ1n) is 8.19. The van der Waals surface area contributed by atoms with Gasteiger partial charge in [-0.1, -0.05) is 0 Å². The second kappa shape index (κ2) is 7.45. The van der Waals surface area contributed by atoms with E-state index in [1.807, 2.05) is 24.7 Å². The van der Waals surface area contributed by atoms with E-state index in [9.17, 15) is 14.9 Å². The summed E-state index contributed by atoms with van der Waals surface area (Å²) in [6.07, 6.45) is 2.18. The molecular formula is C16H24N6O3. The van der Waals surface area contributed by atoms with E-state index in [1.165, 1.54) is 4.68 Å². The first-order chi connectivity index (χ1) is 11.7. The molecule has 9 heteroatoms. The van der Waals surface area contributed by atoms with E-state index in [0.717, 1.165) is 17.8 Å². The first-order valence-corrected chi connectivity index (χ1v) is 8.19. The Labute approximate surface area is 146 Å². The van der Waals surface area contributed by atoms with E-state index in [0.29, 0.717) is 24.5 Å². The van der Waals surface area contributed by atoms with E-state index in [2.05, 4.69) is 10.2 Å². The minimum absolute atomic E-state index is 0.0170. The lowest BCUT2D eigenvalue weighted by Crippen LogP contribution is -2.27. The summed E-state index contributed by atoms with van der Waals surface area (Å²) >= 11 is 0. The number of hydrogen-bond donors (Lipinski definition) is 0. The van der Waals surface area contributed by atoms with Crippen molar-refractivity contribution in [2.75, 3.05) is 7.05 Å². The summed E-state index contributed by atoms with van der Waals surface area (Å²) in [7, 11) is 1.74. The van der Waals surface area contributed by atoms with Gasteiger partial charge in [0.05, 0.1) is 17.2 Å². The minimum atomic E-state index is -0.434. The summed E-state index contributed by atoms with van der Waals surface area (Å²) in [6, 6.07) is 0. The Hall–Kier alpha value is -2.71. The second-order valence-electron chi connectivity index (χ2n) is 6.09. The normalized spacial score (nSPS) is 10.9. The van der Waals surface area contributed by atoms with E-state index in [1.54, 1.807) is 25.8 Å². The van der Waals surface area contributed by atoms with Gasteiger partial charge >= 0.3 is 5.69 Å². The summed E-state index contributed by atoms with van der Waals surface area (Å²) in [6.45, 7) is 8.78. The summed E-state index contributed by atoms with van der Waals surface area (Å²) in [5.41, 5.74) is 2.78. The molecule has 0 aromatic carbocycles. The number of aromatic nitrogens is 4. The predicted molar refractivity (Wildman–Crippen MR) is 92.1 cm³/mol. The average Bonchev–Trinajstić information content (AvgIpc) is 3.04. The second-order valence-corrected chi connectivity index (χ2v) is 6.09. The molecule has 0 saturated carbocycles. The van der Waals surface area contributed by atoms with Crippen molar-refractivity contribution in [1.82, 2.24) is 24.5 Å². The molecule has 2 heterocycles. The third-order valence-corrected chi connectivity index (χ3v) is 4.27. The van der Waals surface area contributed by atoms with Crippen molar-refractivity contribution < 1.29 is 9.72 Å². The maximum Gasteiger partial charge on any atom is 0.312 e. The van der Waals surface area contributed by atoms with Gasteiger partial charge in [-0.05, 0) is 27.7 Å². The SMILES string of the molecule is CCn1cc(CN(C)C(=O)CCn2nc(C)c([N+](=O)[O-])c2C)c(C)n1. The van der Waals surface area contributed by atoms with E-state index >= 15 is 0 Å². The van der Waals surface area contributed by atoms with Crippen LogP contribution in [0.25, 0.3) is 0 Å². The molecule has 0 atom stereocenters. The van der Waals surface area contributed by atoms with Gasteiger partial charge in [0.15, 0.2) is 0 Å². The number of hydrogen-bond acceptors (Lipinski definition) is 5. The fourth-order valence-electron chi connectivity index (χ4n) is 2.78. The number of amides is 1. The van der Waals surface area contributed by atoms with Gasteiger partial charge in [-0.3, -0.25) is 24.3 Å². The van der Waals surface area contributed by atoms with Crippen LogP contribution in [0.2, 0.25) is 0 Å². The average molecular weight is 348 g/mol. The number of rotatable bonds is 7. The van der Waals surface area contributed by atoms with Crippen LogP contribution in [0.1, 0.15) is 36.0 Å². The molecule has 0 radical (unpaired) electrons. The van der Waals surface area contributed by atoms with Crippen molar-refractivity contribution in [3.8, 4) is 0 Å². The topological polar surface area (TPSA) is 99.1 Å². The van der Waals surface area contributed by atoms with Crippen molar-refractivity contribution in [3.63, 3.8) is 0 Å². The van der Waals surface area contributed by atoms with Gasteiger partial charge in [0.25, 0.3) is 0 Å². The number of nitrogens with zero attached hydrogens (tertiary/aromatic N) is 6. The Kier molecular flexibility index (Phi) is 5.55. The highest BCUT2D eigenvalue weighted by Gasteiger charge is 2.22. The van der Waals surface area contributed by atoms with Crippen molar-refractivity contribution in [2.45, 2.75) is 53.8 Å². The van der Waals surface area contributed by atoms with Crippen molar-refractivity contribution >= 4 is 11.6 Å². The number of carbonyl (C=O) groups is 1. The highest BCUT2D eigenvalue weighted by Crippen LogP contribution is 2.22. The monoisotopic (exact) mass is 348 g/mol. The van der Waals surface area contributed by atoms with Crippen LogP contribution >= 0.6 is 0 Å². The van der Waals surface area contributed by atoms with Gasteiger partial charge in [0.1, 0.15) is 11.4 Å². The van der Waals surface area contributed by atoms with E-state index in [4.69, 9.17) is 0 Å². The van der Waals surface area contributed by atoms with Gasteiger partial charge in [0.2, 0.25) is 5.91 Å². The zero-order valence-corrected chi connectivity index (χ0v) is 15.3. The molecule has 9 nitrogen and oxygen atoms in total. The third-order valence-electron chi connectivity index (χ3n) is 4.27. The van der Waals surface area contributed by atoms with Crippen LogP contribution < -0.4 is 0 Å². The molecule has 0 N–H and O–H groups in total.